The Balaban J connectivity index is 1.94. The molecule has 2 nitrogen and oxygen atoms in total. The summed E-state index contributed by atoms with van der Waals surface area (Å²) in [5, 5.41) is 0. The van der Waals surface area contributed by atoms with Gasteiger partial charge in [0.15, 0.2) is 0 Å². The molecule has 0 aliphatic carbocycles. The lowest BCUT2D eigenvalue weighted by Crippen LogP contribution is -2.17. The van der Waals surface area contributed by atoms with Crippen molar-refractivity contribution in [2.45, 2.75) is 13.0 Å². The Hall–Kier alpha value is -1.39. The van der Waals surface area contributed by atoms with Crippen molar-refractivity contribution < 1.29 is 9.13 Å². The Bertz CT molecular complexity index is 498. The van der Waals surface area contributed by atoms with Gasteiger partial charge in [0.1, 0.15) is 18.2 Å². The highest BCUT2D eigenvalue weighted by Gasteiger charge is 2.09. The fourth-order valence-electron chi connectivity index (χ4n) is 1.48. The second kappa shape index (κ2) is 5.29. The minimum absolute atomic E-state index is 0.169. The van der Waals surface area contributed by atoms with Gasteiger partial charge in [0.25, 0.3) is 0 Å². The van der Waals surface area contributed by atoms with Crippen molar-refractivity contribution in [2.24, 2.45) is 5.73 Å². The lowest BCUT2D eigenvalue weighted by atomic mass is 10.2. The summed E-state index contributed by atoms with van der Waals surface area (Å²) < 4.78 is 18.4. The summed E-state index contributed by atoms with van der Waals surface area (Å²) in [6.07, 6.45) is 0. The predicted molar refractivity (Wildman–Crippen MR) is 67.9 cm³/mol. The molecular weight excluding hydrogens is 237 g/mol. The molecule has 0 fully saturated rings. The molecular formula is C13H14FNOS. The molecule has 0 aliphatic rings. The number of rotatable bonds is 4. The molecule has 0 aliphatic heterocycles. The maximum Gasteiger partial charge on any atom is 0.126 e. The molecule has 1 aromatic carbocycles. The third-order valence-corrected chi connectivity index (χ3v) is 3.48. The average molecular weight is 251 g/mol. The van der Waals surface area contributed by atoms with Crippen molar-refractivity contribution in [3.63, 3.8) is 0 Å². The number of aryl methyl sites for hydroxylation is 1. The van der Waals surface area contributed by atoms with Gasteiger partial charge in [-0.25, -0.2) is 4.39 Å². The Morgan fingerprint density at radius 1 is 1.35 bits per heavy atom. The SMILES string of the molecule is Cc1ccc(C(N)COc2cccc(F)c2)s1. The number of ether oxygens (including phenoxy) is 1. The van der Waals surface area contributed by atoms with E-state index in [0.717, 1.165) is 4.88 Å². The van der Waals surface area contributed by atoms with Gasteiger partial charge in [-0.1, -0.05) is 6.07 Å². The third-order valence-electron chi connectivity index (χ3n) is 2.35. The van der Waals surface area contributed by atoms with Crippen LogP contribution in [0.15, 0.2) is 36.4 Å². The zero-order chi connectivity index (χ0) is 12.3. The zero-order valence-electron chi connectivity index (χ0n) is 9.52. The molecule has 90 valence electrons. The van der Waals surface area contributed by atoms with E-state index in [1.165, 1.54) is 17.0 Å². The lowest BCUT2D eigenvalue weighted by Gasteiger charge is -2.11. The van der Waals surface area contributed by atoms with Crippen molar-refractivity contribution in [3.05, 3.63) is 52.0 Å². The summed E-state index contributed by atoms with van der Waals surface area (Å²) in [5.74, 6) is 0.205. The summed E-state index contributed by atoms with van der Waals surface area (Å²) in [6, 6.07) is 9.93. The highest BCUT2D eigenvalue weighted by atomic mass is 32.1. The van der Waals surface area contributed by atoms with Gasteiger partial charge < -0.3 is 10.5 Å². The molecule has 1 aromatic heterocycles. The first-order valence-corrected chi connectivity index (χ1v) is 6.17. The molecule has 4 heteroatoms. The number of benzene rings is 1. The Morgan fingerprint density at radius 3 is 2.82 bits per heavy atom. The van der Waals surface area contributed by atoms with Crippen LogP contribution in [0, 0.1) is 12.7 Å². The van der Waals surface area contributed by atoms with Gasteiger partial charge in [-0.3, -0.25) is 0 Å². The summed E-state index contributed by atoms with van der Waals surface area (Å²) in [4.78, 5) is 2.31. The van der Waals surface area contributed by atoms with Crippen molar-refractivity contribution in [1.29, 1.82) is 0 Å². The van der Waals surface area contributed by atoms with E-state index in [-0.39, 0.29) is 11.9 Å². The average Bonchev–Trinajstić information content (AvgIpc) is 2.73. The van der Waals surface area contributed by atoms with E-state index in [9.17, 15) is 4.39 Å². The van der Waals surface area contributed by atoms with Crippen molar-refractivity contribution in [3.8, 4) is 5.75 Å². The van der Waals surface area contributed by atoms with E-state index in [2.05, 4.69) is 0 Å². The normalized spacial score (nSPS) is 12.4. The minimum atomic E-state index is -0.303. The fourth-order valence-corrected chi connectivity index (χ4v) is 2.34. The molecule has 0 bridgehead atoms. The second-order valence-electron chi connectivity index (χ2n) is 3.82. The van der Waals surface area contributed by atoms with Crippen molar-refractivity contribution >= 4 is 11.3 Å². The van der Waals surface area contributed by atoms with Crippen LogP contribution in [0.3, 0.4) is 0 Å². The van der Waals surface area contributed by atoms with Gasteiger partial charge in [0, 0.05) is 15.8 Å². The van der Waals surface area contributed by atoms with Gasteiger partial charge in [-0.2, -0.15) is 0 Å². The van der Waals surface area contributed by atoms with Crippen molar-refractivity contribution in [2.75, 3.05) is 6.61 Å². The molecule has 0 spiro atoms. The number of nitrogens with two attached hydrogens (primary N) is 1. The Kier molecular flexibility index (Phi) is 3.76. The standard InChI is InChI=1S/C13H14FNOS/c1-9-5-6-13(17-9)12(15)8-16-11-4-2-3-10(14)7-11/h2-7,12H,8,15H2,1H3. The van der Waals surface area contributed by atoms with Gasteiger partial charge in [0.05, 0.1) is 6.04 Å². The first-order valence-electron chi connectivity index (χ1n) is 5.35. The molecule has 0 saturated heterocycles. The molecule has 2 aromatic rings. The minimum Gasteiger partial charge on any atom is -0.491 e. The molecule has 1 atom stereocenters. The second-order valence-corrected chi connectivity index (χ2v) is 5.14. The maximum atomic E-state index is 12.9. The van der Waals surface area contributed by atoms with E-state index in [0.29, 0.717) is 12.4 Å². The zero-order valence-corrected chi connectivity index (χ0v) is 10.3. The lowest BCUT2D eigenvalue weighted by molar-refractivity contribution is 0.291. The molecule has 1 heterocycles. The van der Waals surface area contributed by atoms with Crippen molar-refractivity contribution in [1.82, 2.24) is 0 Å². The molecule has 17 heavy (non-hydrogen) atoms. The van der Waals surface area contributed by atoms with Crippen LogP contribution in [0.5, 0.6) is 5.75 Å². The summed E-state index contributed by atoms with van der Waals surface area (Å²) in [6.45, 7) is 2.39. The molecule has 2 N–H and O–H groups in total. The van der Waals surface area contributed by atoms with Gasteiger partial charge >= 0.3 is 0 Å². The van der Waals surface area contributed by atoms with Crippen LogP contribution in [0.25, 0.3) is 0 Å². The van der Waals surface area contributed by atoms with E-state index in [1.54, 1.807) is 23.5 Å². The van der Waals surface area contributed by atoms with Crippen LogP contribution in [0.4, 0.5) is 4.39 Å². The summed E-state index contributed by atoms with van der Waals surface area (Å²) in [5.41, 5.74) is 5.99. The van der Waals surface area contributed by atoms with Crippen LogP contribution < -0.4 is 10.5 Å². The molecule has 0 saturated carbocycles. The van der Waals surface area contributed by atoms with Crippen LogP contribution in [0.2, 0.25) is 0 Å². The topological polar surface area (TPSA) is 35.2 Å². The number of hydrogen-bond acceptors (Lipinski definition) is 3. The molecule has 0 radical (unpaired) electrons. The van der Waals surface area contributed by atoms with Crippen LogP contribution >= 0.6 is 11.3 Å². The Morgan fingerprint density at radius 2 is 2.18 bits per heavy atom. The molecule has 0 amide bonds. The highest BCUT2D eigenvalue weighted by molar-refractivity contribution is 7.12. The van der Waals surface area contributed by atoms with E-state index >= 15 is 0 Å². The highest BCUT2D eigenvalue weighted by Crippen LogP contribution is 2.22. The molecule has 2 rings (SSSR count). The number of halogens is 1. The Labute approximate surface area is 104 Å². The monoisotopic (exact) mass is 251 g/mol. The van der Waals surface area contributed by atoms with Crippen LogP contribution in [-0.2, 0) is 0 Å². The summed E-state index contributed by atoms with van der Waals surface area (Å²) >= 11 is 1.66. The van der Waals surface area contributed by atoms with Gasteiger partial charge in [-0.05, 0) is 31.2 Å². The molecule has 1 unspecified atom stereocenters. The predicted octanol–water partition coefficient (Wildman–Crippen LogP) is 3.27. The third kappa shape index (κ3) is 3.28. The van der Waals surface area contributed by atoms with E-state index < -0.39 is 0 Å². The summed E-state index contributed by atoms with van der Waals surface area (Å²) in [7, 11) is 0. The van der Waals surface area contributed by atoms with E-state index in [4.69, 9.17) is 10.5 Å². The smallest absolute Gasteiger partial charge is 0.126 e. The number of hydrogen-bond donors (Lipinski definition) is 1. The van der Waals surface area contributed by atoms with Crippen LogP contribution in [-0.4, -0.2) is 6.61 Å². The number of thiophene rings is 1. The quantitative estimate of drug-likeness (QED) is 0.905. The largest absolute Gasteiger partial charge is 0.491 e. The van der Waals surface area contributed by atoms with E-state index in [1.807, 2.05) is 19.1 Å². The first kappa shape index (κ1) is 12.1. The van der Waals surface area contributed by atoms with Crippen LogP contribution in [0.1, 0.15) is 15.8 Å². The first-order chi connectivity index (χ1) is 8.15. The van der Waals surface area contributed by atoms with Gasteiger partial charge in [0.2, 0.25) is 0 Å². The fraction of sp³-hybridized carbons (Fsp3) is 0.231. The van der Waals surface area contributed by atoms with Gasteiger partial charge in [-0.15, -0.1) is 11.3 Å². The maximum absolute atomic E-state index is 12.9.